The van der Waals surface area contributed by atoms with Gasteiger partial charge in [0.15, 0.2) is 0 Å². The second kappa shape index (κ2) is 8.26. The Morgan fingerprint density at radius 3 is 2.75 bits per heavy atom. The third-order valence-corrected chi connectivity index (χ3v) is 3.40. The molecule has 0 amide bonds. The maximum Gasteiger partial charge on any atom is 0.134 e. The summed E-state index contributed by atoms with van der Waals surface area (Å²) in [5.41, 5.74) is 14.4. The third kappa shape index (κ3) is 5.20. The molecule has 1 aromatic heterocycles. The lowest BCUT2D eigenvalue weighted by Gasteiger charge is -2.16. The van der Waals surface area contributed by atoms with Gasteiger partial charge >= 0.3 is 0 Å². The molecule has 0 unspecified atom stereocenters. The molecule has 0 spiro atoms. The molecule has 0 aliphatic carbocycles. The van der Waals surface area contributed by atoms with Gasteiger partial charge in [-0.25, -0.2) is 15.5 Å². The molecule has 126 valence electrons. The van der Waals surface area contributed by atoms with Gasteiger partial charge in [0.25, 0.3) is 0 Å². The van der Waals surface area contributed by atoms with E-state index >= 15 is 0 Å². The number of hydrogen-bond donors (Lipinski definition) is 2. The van der Waals surface area contributed by atoms with Gasteiger partial charge in [-0.2, -0.15) is 5.11 Å². The Hall–Kier alpha value is -2.67. The molecule has 24 heavy (non-hydrogen) atoms. The van der Waals surface area contributed by atoms with Crippen molar-refractivity contribution in [1.82, 2.24) is 14.9 Å². The zero-order chi connectivity index (χ0) is 17.5. The first-order valence-electron chi connectivity index (χ1n) is 7.22. The molecule has 0 fully saturated rings. The van der Waals surface area contributed by atoms with Crippen molar-refractivity contribution in [3.8, 4) is 5.75 Å². The fourth-order valence-electron chi connectivity index (χ4n) is 1.99. The van der Waals surface area contributed by atoms with E-state index in [9.17, 15) is 0 Å². The van der Waals surface area contributed by atoms with Crippen LogP contribution < -0.4 is 10.5 Å². The average molecular weight is 347 g/mol. The van der Waals surface area contributed by atoms with Crippen molar-refractivity contribution in [3.05, 3.63) is 58.8 Å². The van der Waals surface area contributed by atoms with Crippen molar-refractivity contribution in [1.29, 1.82) is 5.53 Å². The number of nitrogens with two attached hydrogens (primary N) is 1. The Morgan fingerprint density at radius 2 is 2.12 bits per heavy atom. The standard InChI is InChI=1S/C16H19ClN6O/c1-11-20-7-12(16(18)21-11)8-23(2)9-14(22-19)10-24-15-5-3-13(17)4-6-15/h3-7,9,19H,8,10H2,1-2H3,(H2,18,20,21). The Bertz CT molecular complexity index is 732. The van der Waals surface area contributed by atoms with E-state index in [0.717, 1.165) is 5.56 Å². The molecule has 0 atom stereocenters. The van der Waals surface area contributed by atoms with Crippen LogP contribution in [-0.4, -0.2) is 28.5 Å². The van der Waals surface area contributed by atoms with Crippen molar-refractivity contribution in [2.24, 2.45) is 5.11 Å². The number of nitrogens with one attached hydrogen (secondary N) is 1. The number of aromatic nitrogens is 2. The molecular formula is C16H19ClN6O. The van der Waals surface area contributed by atoms with Gasteiger partial charge in [0.1, 0.15) is 29.7 Å². The molecule has 3 N–H and O–H groups in total. The van der Waals surface area contributed by atoms with Gasteiger partial charge in [-0.3, -0.25) is 0 Å². The lowest BCUT2D eigenvalue weighted by molar-refractivity contribution is 0.341. The minimum atomic E-state index is 0.176. The first kappa shape index (κ1) is 17.7. The Kier molecular flexibility index (Phi) is 6.08. The molecule has 0 aliphatic heterocycles. The summed E-state index contributed by atoms with van der Waals surface area (Å²) < 4.78 is 5.59. The number of aryl methyl sites for hydroxylation is 1. The summed E-state index contributed by atoms with van der Waals surface area (Å²) in [7, 11) is 1.85. The Labute approximate surface area is 145 Å². The van der Waals surface area contributed by atoms with Crippen LogP contribution in [0, 0.1) is 12.5 Å². The maximum absolute atomic E-state index is 7.28. The van der Waals surface area contributed by atoms with Crippen LogP contribution in [-0.2, 0) is 6.54 Å². The summed E-state index contributed by atoms with van der Waals surface area (Å²) in [6, 6.07) is 7.00. The van der Waals surface area contributed by atoms with Crippen LogP contribution in [0.3, 0.4) is 0 Å². The highest BCUT2D eigenvalue weighted by Crippen LogP contribution is 2.17. The lowest BCUT2D eigenvalue weighted by atomic mass is 10.3. The summed E-state index contributed by atoms with van der Waals surface area (Å²) in [6.45, 7) is 2.47. The van der Waals surface area contributed by atoms with E-state index in [4.69, 9.17) is 27.6 Å². The van der Waals surface area contributed by atoms with Gasteiger partial charge < -0.3 is 15.4 Å². The summed E-state index contributed by atoms with van der Waals surface area (Å²) in [4.78, 5) is 10.1. The number of rotatable bonds is 7. The highest BCUT2D eigenvalue weighted by atomic mass is 35.5. The highest BCUT2D eigenvalue weighted by Gasteiger charge is 2.06. The van der Waals surface area contributed by atoms with E-state index < -0.39 is 0 Å². The Balaban J connectivity index is 1.97. The molecule has 0 saturated heterocycles. The van der Waals surface area contributed by atoms with E-state index in [1.165, 1.54) is 0 Å². The topological polar surface area (TPSA) is 100 Å². The van der Waals surface area contributed by atoms with Gasteiger partial charge in [-0.15, -0.1) is 0 Å². The molecular weight excluding hydrogens is 328 g/mol. The van der Waals surface area contributed by atoms with Crippen LogP contribution in [0.5, 0.6) is 5.75 Å². The lowest BCUT2D eigenvalue weighted by Crippen LogP contribution is -2.15. The number of halogens is 1. The monoisotopic (exact) mass is 346 g/mol. The van der Waals surface area contributed by atoms with Gasteiger partial charge in [0.05, 0.1) is 0 Å². The number of benzene rings is 1. The van der Waals surface area contributed by atoms with E-state index in [-0.39, 0.29) is 6.61 Å². The summed E-state index contributed by atoms with van der Waals surface area (Å²) in [5.74, 6) is 1.74. The first-order valence-corrected chi connectivity index (χ1v) is 7.60. The molecule has 1 aromatic carbocycles. The maximum atomic E-state index is 7.28. The number of anilines is 1. The summed E-state index contributed by atoms with van der Waals surface area (Å²) >= 11 is 5.83. The van der Waals surface area contributed by atoms with Gasteiger partial charge in [0.2, 0.25) is 0 Å². The first-order chi connectivity index (χ1) is 11.5. The van der Waals surface area contributed by atoms with Crippen LogP contribution in [0.4, 0.5) is 5.82 Å². The SMILES string of the molecule is Cc1ncc(CN(C)C=C(COc2ccc(Cl)cc2)N=N)c(N)n1. The zero-order valence-corrected chi connectivity index (χ0v) is 14.3. The van der Waals surface area contributed by atoms with E-state index in [0.29, 0.717) is 34.7 Å². The Morgan fingerprint density at radius 1 is 1.42 bits per heavy atom. The molecule has 0 bridgehead atoms. The van der Waals surface area contributed by atoms with Gasteiger partial charge in [-0.05, 0) is 31.2 Å². The van der Waals surface area contributed by atoms with Crippen LogP contribution in [0.15, 0.2) is 47.5 Å². The third-order valence-electron chi connectivity index (χ3n) is 3.15. The molecule has 2 rings (SSSR count). The van der Waals surface area contributed by atoms with Crippen LogP contribution >= 0.6 is 11.6 Å². The summed E-state index contributed by atoms with van der Waals surface area (Å²) in [6.07, 6.45) is 3.42. The number of hydrogen-bond acceptors (Lipinski definition) is 7. The molecule has 0 radical (unpaired) electrons. The van der Waals surface area contributed by atoms with Gasteiger partial charge in [0, 0.05) is 36.6 Å². The van der Waals surface area contributed by atoms with Gasteiger partial charge in [-0.1, -0.05) is 11.6 Å². The van der Waals surface area contributed by atoms with Crippen molar-refractivity contribution < 1.29 is 4.74 Å². The molecule has 0 aliphatic rings. The second-order valence-electron chi connectivity index (χ2n) is 5.22. The van der Waals surface area contributed by atoms with Crippen LogP contribution in [0.25, 0.3) is 0 Å². The summed E-state index contributed by atoms with van der Waals surface area (Å²) in [5, 5.41) is 4.13. The minimum Gasteiger partial charge on any atom is -0.487 e. The fraction of sp³-hybridized carbons (Fsp3) is 0.250. The zero-order valence-electron chi connectivity index (χ0n) is 13.5. The van der Waals surface area contributed by atoms with E-state index in [1.807, 2.05) is 11.9 Å². The number of nitrogen functional groups attached to an aromatic ring is 1. The number of ether oxygens (including phenoxy) is 1. The van der Waals surface area contributed by atoms with Crippen molar-refractivity contribution in [3.63, 3.8) is 0 Å². The van der Waals surface area contributed by atoms with Crippen LogP contribution in [0.1, 0.15) is 11.4 Å². The second-order valence-corrected chi connectivity index (χ2v) is 5.65. The molecule has 0 saturated carbocycles. The predicted molar refractivity (Wildman–Crippen MR) is 92.8 cm³/mol. The minimum absolute atomic E-state index is 0.176. The highest BCUT2D eigenvalue weighted by molar-refractivity contribution is 6.30. The van der Waals surface area contributed by atoms with Crippen molar-refractivity contribution in [2.45, 2.75) is 13.5 Å². The van der Waals surface area contributed by atoms with Crippen LogP contribution in [0.2, 0.25) is 5.02 Å². The van der Waals surface area contributed by atoms with E-state index in [2.05, 4.69) is 15.1 Å². The normalized spacial score (nSPS) is 11.2. The quantitative estimate of drug-likeness (QED) is 0.748. The molecule has 1 heterocycles. The largest absolute Gasteiger partial charge is 0.487 e. The molecule has 8 heteroatoms. The predicted octanol–water partition coefficient (Wildman–Crippen LogP) is 3.40. The smallest absolute Gasteiger partial charge is 0.134 e. The van der Waals surface area contributed by atoms with E-state index in [1.54, 1.807) is 43.6 Å². The molecule has 2 aromatic rings. The number of nitrogens with zero attached hydrogens (tertiary/aromatic N) is 4. The van der Waals surface area contributed by atoms with Crippen molar-refractivity contribution in [2.75, 3.05) is 19.4 Å². The fourth-order valence-corrected chi connectivity index (χ4v) is 2.12. The van der Waals surface area contributed by atoms with Crippen molar-refractivity contribution >= 4 is 17.4 Å². The average Bonchev–Trinajstić information content (AvgIpc) is 2.55. The molecule has 7 nitrogen and oxygen atoms in total.